The second kappa shape index (κ2) is 12.9. The van der Waals surface area contributed by atoms with Crippen LogP contribution in [0.2, 0.25) is 0 Å². The van der Waals surface area contributed by atoms with Gasteiger partial charge >= 0.3 is 11.9 Å². The molecule has 8 nitrogen and oxygen atoms in total. The van der Waals surface area contributed by atoms with Gasteiger partial charge in [-0.25, -0.2) is 0 Å². The molecule has 0 N–H and O–H groups in total. The average molecular weight is 445 g/mol. The van der Waals surface area contributed by atoms with Crippen LogP contribution in [0.15, 0.2) is 0 Å². The monoisotopic (exact) mass is 444 g/mol. The highest BCUT2D eigenvalue weighted by molar-refractivity contribution is 5.94. The van der Waals surface area contributed by atoms with E-state index in [1.54, 1.807) is 7.11 Å². The molecule has 0 fully saturated rings. The molecule has 0 aromatic carbocycles. The maximum atomic E-state index is 11.9. The van der Waals surface area contributed by atoms with Crippen molar-refractivity contribution in [3.8, 4) is 0 Å². The van der Waals surface area contributed by atoms with Crippen molar-refractivity contribution in [2.75, 3.05) is 26.9 Å². The summed E-state index contributed by atoms with van der Waals surface area (Å²) in [6.45, 7) is 12.7. The second-order valence-electron chi connectivity index (χ2n) is 9.43. The SMILES string of the molecule is CCC(COC(=O)CC(C)=O)(COC(=O)CC(C)=O)CC(C)(C)OCCC(C)(C)OC. The van der Waals surface area contributed by atoms with Crippen molar-refractivity contribution >= 4 is 23.5 Å². The van der Waals surface area contributed by atoms with Gasteiger partial charge in [-0.05, 0) is 60.8 Å². The maximum Gasteiger partial charge on any atom is 0.313 e. The molecule has 0 aromatic rings. The van der Waals surface area contributed by atoms with E-state index in [0.717, 1.165) is 0 Å². The number of rotatable bonds is 16. The van der Waals surface area contributed by atoms with Gasteiger partial charge in [0.15, 0.2) is 0 Å². The molecule has 0 spiro atoms. The van der Waals surface area contributed by atoms with Gasteiger partial charge < -0.3 is 18.9 Å². The molecule has 0 aliphatic rings. The van der Waals surface area contributed by atoms with Crippen molar-refractivity contribution in [2.45, 2.75) is 91.8 Å². The minimum absolute atomic E-state index is 0.0285. The lowest BCUT2D eigenvalue weighted by molar-refractivity contribution is -0.160. The molecule has 180 valence electrons. The number of hydrogen-bond acceptors (Lipinski definition) is 8. The summed E-state index contributed by atoms with van der Waals surface area (Å²) in [6, 6.07) is 0. The largest absolute Gasteiger partial charge is 0.465 e. The fraction of sp³-hybridized carbons (Fsp3) is 0.826. The Labute approximate surface area is 186 Å². The molecule has 0 rings (SSSR count). The van der Waals surface area contributed by atoms with E-state index < -0.39 is 23.0 Å². The highest BCUT2D eigenvalue weighted by atomic mass is 16.5. The van der Waals surface area contributed by atoms with Crippen molar-refractivity contribution in [1.82, 2.24) is 0 Å². The second-order valence-corrected chi connectivity index (χ2v) is 9.43. The molecule has 0 saturated carbocycles. The first kappa shape index (κ1) is 29.2. The molecule has 0 aliphatic carbocycles. The maximum absolute atomic E-state index is 11.9. The van der Waals surface area contributed by atoms with E-state index in [2.05, 4.69) is 0 Å². The minimum Gasteiger partial charge on any atom is -0.465 e. The fourth-order valence-electron chi connectivity index (χ4n) is 3.08. The van der Waals surface area contributed by atoms with E-state index in [1.165, 1.54) is 13.8 Å². The van der Waals surface area contributed by atoms with Crippen molar-refractivity contribution in [1.29, 1.82) is 0 Å². The number of ketones is 2. The van der Waals surface area contributed by atoms with Crippen molar-refractivity contribution < 1.29 is 38.1 Å². The minimum atomic E-state index is -0.723. The molecule has 0 aliphatic heterocycles. The molecular formula is C23H40O8. The third kappa shape index (κ3) is 13.3. The molecule has 0 bridgehead atoms. The van der Waals surface area contributed by atoms with E-state index in [4.69, 9.17) is 18.9 Å². The highest BCUT2D eigenvalue weighted by Gasteiger charge is 2.39. The van der Waals surface area contributed by atoms with Crippen LogP contribution in [0.5, 0.6) is 0 Å². The first-order valence-electron chi connectivity index (χ1n) is 10.6. The summed E-state index contributed by atoms with van der Waals surface area (Å²) in [4.78, 5) is 46.3. The quantitative estimate of drug-likeness (QED) is 0.263. The van der Waals surface area contributed by atoms with Gasteiger partial charge in [0.25, 0.3) is 0 Å². The Balaban J connectivity index is 5.30. The standard InChI is InChI=1S/C23H40O8/c1-9-23(15-29-19(26)12-17(2)24,16-30-20(27)13-18(3)25)14-22(6,7)31-11-10-21(4,5)28-8/h9-16H2,1-8H3. The van der Waals surface area contributed by atoms with Crippen LogP contribution in [0.4, 0.5) is 0 Å². The zero-order chi connectivity index (χ0) is 24.3. The van der Waals surface area contributed by atoms with Gasteiger partial charge in [0.1, 0.15) is 37.6 Å². The van der Waals surface area contributed by atoms with E-state index >= 15 is 0 Å². The van der Waals surface area contributed by atoms with Crippen molar-refractivity contribution in [2.24, 2.45) is 5.41 Å². The first-order chi connectivity index (χ1) is 14.2. The molecule has 0 unspecified atom stereocenters. The zero-order valence-corrected chi connectivity index (χ0v) is 20.4. The van der Waals surface area contributed by atoms with Gasteiger partial charge in [0.05, 0.1) is 17.8 Å². The summed E-state index contributed by atoms with van der Waals surface area (Å²) < 4.78 is 22.2. The Hall–Kier alpha value is -1.80. The number of ether oxygens (including phenoxy) is 4. The molecule has 8 heteroatoms. The fourth-order valence-corrected chi connectivity index (χ4v) is 3.08. The van der Waals surface area contributed by atoms with Gasteiger partial charge in [0.2, 0.25) is 0 Å². The van der Waals surface area contributed by atoms with Crippen LogP contribution in [0.3, 0.4) is 0 Å². The van der Waals surface area contributed by atoms with Crippen LogP contribution >= 0.6 is 0 Å². The summed E-state index contributed by atoms with van der Waals surface area (Å²) in [5.41, 5.74) is -1.65. The molecule has 0 atom stereocenters. The summed E-state index contributed by atoms with van der Waals surface area (Å²) in [6.07, 6.45) is 1.04. The van der Waals surface area contributed by atoms with Gasteiger partial charge in [-0.2, -0.15) is 0 Å². The number of carbonyl (C=O) groups is 4. The third-order valence-electron chi connectivity index (χ3n) is 5.17. The van der Waals surface area contributed by atoms with Crippen LogP contribution in [-0.4, -0.2) is 61.6 Å². The smallest absolute Gasteiger partial charge is 0.313 e. The number of esters is 2. The van der Waals surface area contributed by atoms with Crippen molar-refractivity contribution in [3.05, 3.63) is 0 Å². The van der Waals surface area contributed by atoms with Crippen LogP contribution in [0.1, 0.15) is 80.6 Å². The predicted molar refractivity (Wildman–Crippen MR) is 116 cm³/mol. The molecular weight excluding hydrogens is 404 g/mol. The number of Topliss-reactive ketones (excluding diaryl/α,β-unsaturated/α-hetero) is 2. The normalized spacial score (nSPS) is 12.4. The summed E-state index contributed by atoms with van der Waals surface area (Å²) in [5, 5.41) is 0. The highest BCUT2D eigenvalue weighted by Crippen LogP contribution is 2.35. The molecule has 0 heterocycles. The van der Waals surface area contributed by atoms with Gasteiger partial charge in [0, 0.05) is 12.5 Å². The Bertz CT molecular complexity index is 589. The number of hydrogen-bond donors (Lipinski definition) is 0. The van der Waals surface area contributed by atoms with Crippen LogP contribution in [0, 0.1) is 5.41 Å². The lowest BCUT2D eigenvalue weighted by atomic mass is 9.77. The lowest BCUT2D eigenvalue weighted by Crippen LogP contribution is -2.42. The Kier molecular flexibility index (Phi) is 12.2. The Morgan fingerprint density at radius 1 is 0.774 bits per heavy atom. The van der Waals surface area contributed by atoms with E-state index in [9.17, 15) is 19.2 Å². The predicted octanol–water partition coefficient (Wildman–Crippen LogP) is 3.43. The Morgan fingerprint density at radius 3 is 1.58 bits per heavy atom. The molecule has 0 saturated heterocycles. The van der Waals surface area contributed by atoms with E-state index in [0.29, 0.717) is 25.9 Å². The van der Waals surface area contributed by atoms with Crippen LogP contribution < -0.4 is 0 Å². The zero-order valence-electron chi connectivity index (χ0n) is 20.4. The van der Waals surface area contributed by atoms with E-state index in [1.807, 2.05) is 34.6 Å². The molecule has 0 radical (unpaired) electrons. The molecule has 31 heavy (non-hydrogen) atoms. The topological polar surface area (TPSA) is 105 Å². The Morgan fingerprint density at radius 2 is 1.23 bits per heavy atom. The van der Waals surface area contributed by atoms with E-state index in [-0.39, 0.29) is 43.2 Å². The average Bonchev–Trinajstić information content (AvgIpc) is 2.62. The lowest BCUT2D eigenvalue weighted by Gasteiger charge is -2.39. The molecule has 0 amide bonds. The van der Waals surface area contributed by atoms with Crippen LogP contribution in [0.25, 0.3) is 0 Å². The third-order valence-corrected chi connectivity index (χ3v) is 5.17. The summed E-state index contributed by atoms with van der Waals surface area (Å²) in [7, 11) is 1.65. The number of carbonyl (C=O) groups excluding carboxylic acids is 4. The van der Waals surface area contributed by atoms with Gasteiger partial charge in [-0.3, -0.25) is 19.2 Å². The van der Waals surface area contributed by atoms with Crippen LogP contribution in [-0.2, 0) is 38.1 Å². The number of methoxy groups -OCH3 is 1. The summed E-state index contributed by atoms with van der Waals surface area (Å²) >= 11 is 0. The van der Waals surface area contributed by atoms with Gasteiger partial charge in [-0.1, -0.05) is 6.92 Å². The summed E-state index contributed by atoms with van der Waals surface area (Å²) in [5.74, 6) is -1.82. The first-order valence-corrected chi connectivity index (χ1v) is 10.6. The van der Waals surface area contributed by atoms with Crippen molar-refractivity contribution in [3.63, 3.8) is 0 Å². The van der Waals surface area contributed by atoms with Gasteiger partial charge in [-0.15, -0.1) is 0 Å². The molecule has 0 aromatic heterocycles.